The number of para-hydroxylation sites is 3. The Morgan fingerprint density at radius 2 is 0.811 bits per heavy atom. The van der Waals surface area contributed by atoms with Crippen molar-refractivity contribution in [2.75, 3.05) is 4.90 Å². The van der Waals surface area contributed by atoms with E-state index >= 15 is 0 Å². The van der Waals surface area contributed by atoms with Crippen molar-refractivity contribution in [2.24, 2.45) is 0 Å². The number of nitrogens with zero attached hydrogens (tertiary/aromatic N) is 3. The molecule has 0 N–H and O–H groups in total. The number of hydrogen-bond donors (Lipinski definition) is 0. The largest absolute Gasteiger partial charge is 0.310 e. The zero-order chi connectivity index (χ0) is 36.0. The molecule has 11 aromatic rings. The number of hydrogen-bond acceptors (Lipinski definition) is 1. The van der Waals surface area contributed by atoms with E-state index in [0.29, 0.717) is 0 Å². The molecule has 0 fully saturated rings. The van der Waals surface area contributed by atoms with Crippen LogP contribution in [0.2, 0.25) is 0 Å². The maximum absolute atomic E-state index is 2.56. The topological polar surface area (TPSA) is 12.1 Å². The molecule has 0 bridgehead atoms. The Morgan fingerprint density at radius 3 is 1.42 bits per heavy atom. The molecule has 0 aliphatic carbocycles. The molecule has 53 heavy (non-hydrogen) atoms. The average molecular weight is 684 g/mol. The van der Waals surface area contributed by atoms with Crippen molar-refractivity contribution in [3.63, 3.8) is 0 Å². The predicted molar refractivity (Wildman–Crippen MR) is 228 cm³/mol. The molecule has 4 aromatic heterocycles. The Bertz CT molecular complexity index is 3180. The maximum atomic E-state index is 2.56. The van der Waals surface area contributed by atoms with E-state index in [-0.39, 0.29) is 10.8 Å². The number of rotatable bonds is 3. The molecule has 0 amide bonds. The summed E-state index contributed by atoms with van der Waals surface area (Å²) in [7, 11) is 0. The second-order valence-corrected chi connectivity index (χ2v) is 17.1. The molecule has 0 saturated carbocycles. The molecule has 256 valence electrons. The van der Waals surface area contributed by atoms with Crippen LogP contribution >= 0.6 is 0 Å². The summed E-state index contributed by atoms with van der Waals surface area (Å²) in [5, 5.41) is 10.5. The van der Waals surface area contributed by atoms with E-state index in [1.807, 2.05) is 0 Å². The van der Waals surface area contributed by atoms with Gasteiger partial charge in [0.1, 0.15) is 0 Å². The van der Waals surface area contributed by atoms with Crippen LogP contribution in [0.5, 0.6) is 0 Å². The lowest BCUT2D eigenvalue weighted by atomic mass is 9.84. The fourth-order valence-electron chi connectivity index (χ4n) is 9.24. The summed E-state index contributed by atoms with van der Waals surface area (Å²) in [6.07, 6.45) is 0. The van der Waals surface area contributed by atoms with Crippen molar-refractivity contribution in [3.8, 4) is 0 Å². The van der Waals surface area contributed by atoms with Gasteiger partial charge < -0.3 is 13.7 Å². The van der Waals surface area contributed by atoms with E-state index in [1.54, 1.807) is 0 Å². The quantitative estimate of drug-likeness (QED) is 0.180. The fraction of sp³-hybridized carbons (Fsp3) is 0.160. The lowest BCUT2D eigenvalue weighted by molar-refractivity contribution is 0.590. The van der Waals surface area contributed by atoms with Crippen LogP contribution in [-0.2, 0) is 10.8 Å². The molecular formula is C50H41N3. The number of fused-ring (bicyclic) bond motifs is 13. The molecule has 3 heteroatoms. The number of aromatic nitrogens is 2. The van der Waals surface area contributed by atoms with Crippen LogP contribution < -0.4 is 4.90 Å². The highest BCUT2D eigenvalue weighted by Crippen LogP contribution is 2.50. The van der Waals surface area contributed by atoms with E-state index < -0.39 is 0 Å². The molecule has 0 spiro atoms. The van der Waals surface area contributed by atoms with Crippen molar-refractivity contribution < 1.29 is 0 Å². The first kappa shape index (κ1) is 30.6. The third-order valence-corrected chi connectivity index (χ3v) is 11.8. The normalized spacial score (nSPS) is 13.1. The van der Waals surface area contributed by atoms with Gasteiger partial charge in [0.15, 0.2) is 0 Å². The molecule has 11 rings (SSSR count). The van der Waals surface area contributed by atoms with Crippen LogP contribution in [-0.4, -0.2) is 8.80 Å². The van der Waals surface area contributed by atoms with Crippen LogP contribution in [0.1, 0.15) is 52.7 Å². The minimum Gasteiger partial charge on any atom is -0.310 e. The van der Waals surface area contributed by atoms with Gasteiger partial charge in [-0.2, -0.15) is 0 Å². The third-order valence-electron chi connectivity index (χ3n) is 11.8. The van der Waals surface area contributed by atoms with E-state index in [4.69, 9.17) is 0 Å². The van der Waals surface area contributed by atoms with Gasteiger partial charge in [0.25, 0.3) is 0 Å². The second kappa shape index (κ2) is 10.3. The maximum Gasteiger partial charge on any atom is 0.0622 e. The fourth-order valence-corrected chi connectivity index (χ4v) is 9.24. The van der Waals surface area contributed by atoms with Crippen molar-refractivity contribution in [3.05, 3.63) is 151 Å². The molecule has 0 saturated heterocycles. The van der Waals surface area contributed by atoms with E-state index in [1.165, 1.54) is 87.3 Å². The van der Waals surface area contributed by atoms with Gasteiger partial charge in [0.05, 0.1) is 33.1 Å². The average Bonchev–Trinajstić information content (AvgIpc) is 3.87. The summed E-state index contributed by atoms with van der Waals surface area (Å²) in [4.78, 5) is 2.41. The number of anilines is 3. The number of benzene rings is 7. The molecule has 7 aromatic carbocycles. The standard InChI is InChI=1S/C50H41N3/c1-49(2,3)30-21-22-42-36(25-30)37-26-31(50(4,5)6)27-39-45-43(53(42)47(37)39)23-24-44-46(45)40-29-34(28-38-35-19-13-14-20-41(35)52(44)48(38)40)51(32-15-9-7-10-16-32)33-17-11-8-12-18-33/h7-29H,1-6H3. The van der Waals surface area contributed by atoms with E-state index in [9.17, 15) is 0 Å². The van der Waals surface area contributed by atoms with E-state index in [2.05, 4.69) is 195 Å². The molecule has 3 nitrogen and oxygen atoms in total. The Kier molecular flexibility index (Phi) is 5.93. The van der Waals surface area contributed by atoms with Crippen LogP contribution in [0.25, 0.3) is 76.2 Å². The summed E-state index contributed by atoms with van der Waals surface area (Å²) in [6, 6.07) is 52.3. The van der Waals surface area contributed by atoms with Crippen molar-refractivity contribution >= 4 is 93.3 Å². The first-order valence-electron chi connectivity index (χ1n) is 18.9. The minimum absolute atomic E-state index is 0.0119. The smallest absolute Gasteiger partial charge is 0.0622 e. The zero-order valence-electron chi connectivity index (χ0n) is 31.1. The lowest BCUT2D eigenvalue weighted by Gasteiger charge is -2.25. The minimum atomic E-state index is -0.0119. The first-order chi connectivity index (χ1) is 25.6. The van der Waals surface area contributed by atoms with Crippen LogP contribution in [0.3, 0.4) is 0 Å². The molecule has 0 radical (unpaired) electrons. The Morgan fingerprint density at radius 1 is 0.358 bits per heavy atom. The van der Waals surface area contributed by atoms with Crippen molar-refractivity contribution in [1.82, 2.24) is 8.80 Å². The Balaban J connectivity index is 1.35. The van der Waals surface area contributed by atoms with Gasteiger partial charge in [-0.25, -0.2) is 0 Å². The van der Waals surface area contributed by atoms with E-state index in [0.717, 1.165) is 17.1 Å². The highest BCUT2D eigenvalue weighted by Gasteiger charge is 2.28. The Labute approximate surface area is 309 Å². The Hall–Kier alpha value is -6.06. The zero-order valence-corrected chi connectivity index (χ0v) is 31.1. The predicted octanol–water partition coefficient (Wildman–Crippen LogP) is 14.1. The summed E-state index contributed by atoms with van der Waals surface area (Å²) >= 11 is 0. The first-order valence-corrected chi connectivity index (χ1v) is 18.9. The third kappa shape index (κ3) is 4.11. The van der Waals surface area contributed by atoms with Gasteiger partial charge in [-0.3, -0.25) is 0 Å². The van der Waals surface area contributed by atoms with Gasteiger partial charge in [-0.15, -0.1) is 0 Å². The van der Waals surface area contributed by atoms with Gasteiger partial charge in [-0.05, 0) is 101 Å². The molecule has 0 aliphatic heterocycles. The van der Waals surface area contributed by atoms with Gasteiger partial charge >= 0.3 is 0 Å². The SMILES string of the molecule is CC(C)(C)c1ccc2c(c1)c1cc(C(C)(C)C)cc3c4c5c6cc(N(c7ccccc7)c7ccccc7)cc7c8ccccc8n(c5ccc4n2c13)c76. The monoisotopic (exact) mass is 683 g/mol. The summed E-state index contributed by atoms with van der Waals surface area (Å²) in [6.45, 7) is 14.0. The van der Waals surface area contributed by atoms with Crippen LogP contribution in [0.15, 0.2) is 140 Å². The summed E-state index contributed by atoms with van der Waals surface area (Å²) < 4.78 is 5.09. The van der Waals surface area contributed by atoms with Crippen LogP contribution in [0.4, 0.5) is 17.1 Å². The molecule has 0 atom stereocenters. The second-order valence-electron chi connectivity index (χ2n) is 17.1. The molecular weight excluding hydrogens is 643 g/mol. The lowest BCUT2D eigenvalue weighted by Crippen LogP contribution is -2.11. The molecule has 0 aliphatic rings. The van der Waals surface area contributed by atoms with Gasteiger partial charge in [0.2, 0.25) is 0 Å². The van der Waals surface area contributed by atoms with Crippen molar-refractivity contribution in [1.29, 1.82) is 0 Å². The van der Waals surface area contributed by atoms with Crippen LogP contribution in [0, 0.1) is 0 Å². The highest BCUT2D eigenvalue weighted by molar-refractivity contribution is 6.36. The summed E-state index contributed by atoms with van der Waals surface area (Å²) in [5.74, 6) is 0. The molecule has 0 unspecified atom stereocenters. The van der Waals surface area contributed by atoms with Gasteiger partial charge in [0, 0.05) is 60.2 Å². The highest BCUT2D eigenvalue weighted by atomic mass is 15.1. The summed E-state index contributed by atoms with van der Waals surface area (Å²) in [5.41, 5.74) is 13.9. The van der Waals surface area contributed by atoms with Crippen molar-refractivity contribution in [2.45, 2.75) is 52.4 Å². The molecule has 4 heterocycles. The van der Waals surface area contributed by atoms with Gasteiger partial charge in [-0.1, -0.05) is 102 Å².